The zero-order valence-corrected chi connectivity index (χ0v) is 15.4. The zero-order chi connectivity index (χ0) is 15.1. The monoisotopic (exact) mass is 292 g/mol. The van der Waals surface area contributed by atoms with E-state index in [1.165, 1.54) is 19.3 Å². The second kappa shape index (κ2) is 5.44. The van der Waals surface area contributed by atoms with Crippen LogP contribution in [0.4, 0.5) is 0 Å². The van der Waals surface area contributed by atoms with Gasteiger partial charge in [0.1, 0.15) is 0 Å². The van der Waals surface area contributed by atoms with Crippen LogP contribution in [0.2, 0.25) is 0 Å². The Kier molecular flexibility index (Phi) is 4.35. The Bertz CT molecular complexity index is 406. The van der Waals surface area contributed by atoms with Crippen LogP contribution in [0, 0.1) is 28.6 Å². The number of fused-ring (bicyclic) bond motifs is 1. The lowest BCUT2D eigenvalue weighted by molar-refractivity contribution is 0.00261. The van der Waals surface area contributed by atoms with Crippen molar-refractivity contribution in [1.29, 1.82) is 0 Å². The van der Waals surface area contributed by atoms with E-state index in [1.807, 2.05) is 0 Å². The fraction of sp³-hybridized carbons (Fsp3) is 0.833. The van der Waals surface area contributed by atoms with Crippen LogP contribution >= 0.6 is 0 Å². The molecule has 0 saturated heterocycles. The second-order valence-corrected chi connectivity index (χ2v) is 8.92. The molecule has 2 aliphatic carbocycles. The first-order chi connectivity index (χ1) is 9.20. The van der Waals surface area contributed by atoms with Gasteiger partial charge in [0.2, 0.25) is 9.38 Å². The molecule has 0 N–H and O–H groups in total. The van der Waals surface area contributed by atoms with Gasteiger partial charge >= 0.3 is 0 Å². The van der Waals surface area contributed by atoms with E-state index in [4.69, 9.17) is 4.43 Å². The Morgan fingerprint density at radius 2 is 2.00 bits per heavy atom. The first kappa shape index (κ1) is 16.0. The van der Waals surface area contributed by atoms with Crippen LogP contribution in [-0.4, -0.2) is 21.7 Å². The second-order valence-electron chi connectivity index (χ2n) is 8.31. The molecule has 114 valence electrons. The molecule has 1 fully saturated rings. The van der Waals surface area contributed by atoms with Crippen molar-refractivity contribution >= 4 is 15.6 Å². The fourth-order valence-corrected chi connectivity index (χ4v) is 5.23. The van der Waals surface area contributed by atoms with Gasteiger partial charge in [-0.2, -0.15) is 0 Å². The van der Waals surface area contributed by atoms with Gasteiger partial charge in [-0.05, 0) is 41.9 Å². The highest BCUT2D eigenvalue weighted by Crippen LogP contribution is 2.56. The maximum atomic E-state index is 6.00. The summed E-state index contributed by atoms with van der Waals surface area (Å²) in [6.45, 7) is 14.5. The summed E-state index contributed by atoms with van der Waals surface area (Å²) in [4.78, 5) is 0. The average molecular weight is 293 g/mol. The van der Waals surface area contributed by atoms with Crippen molar-refractivity contribution < 1.29 is 4.43 Å². The summed E-state index contributed by atoms with van der Waals surface area (Å²) in [5, 5.41) is 0. The Morgan fingerprint density at radius 1 is 1.35 bits per heavy atom. The molecule has 20 heavy (non-hydrogen) atoms. The minimum atomic E-state index is -0.0865. The van der Waals surface area contributed by atoms with Crippen molar-refractivity contribution in [1.82, 2.24) is 0 Å². The highest BCUT2D eigenvalue weighted by atomic mass is 28.2. The van der Waals surface area contributed by atoms with Crippen molar-refractivity contribution in [2.24, 2.45) is 28.6 Å². The van der Waals surface area contributed by atoms with Crippen molar-refractivity contribution in [3.05, 3.63) is 11.6 Å². The third-order valence-electron chi connectivity index (χ3n) is 6.12. The molecule has 5 unspecified atom stereocenters. The lowest BCUT2D eigenvalue weighted by atomic mass is 9.53. The van der Waals surface area contributed by atoms with Crippen molar-refractivity contribution in [3.8, 4) is 0 Å². The third kappa shape index (κ3) is 2.68. The zero-order valence-electron chi connectivity index (χ0n) is 14.2. The molecule has 0 aromatic rings. The van der Waals surface area contributed by atoms with Gasteiger partial charge in [-0.25, -0.2) is 0 Å². The van der Waals surface area contributed by atoms with E-state index in [-0.39, 0.29) is 9.38 Å². The lowest BCUT2D eigenvalue weighted by Crippen LogP contribution is -2.47. The lowest BCUT2D eigenvalue weighted by Gasteiger charge is -2.53. The molecular weight excluding hydrogens is 260 g/mol. The first-order valence-corrected chi connectivity index (χ1v) is 9.46. The minimum absolute atomic E-state index is 0.0865. The van der Waals surface area contributed by atoms with Gasteiger partial charge in [-0.15, -0.1) is 0 Å². The van der Waals surface area contributed by atoms with Crippen LogP contribution < -0.4 is 0 Å². The topological polar surface area (TPSA) is 9.23 Å². The summed E-state index contributed by atoms with van der Waals surface area (Å²) in [5.41, 5.74) is 2.43. The van der Waals surface area contributed by atoms with E-state index in [9.17, 15) is 0 Å². The molecular formula is C18H32OSi. The quantitative estimate of drug-likeness (QED) is 0.547. The molecule has 0 spiro atoms. The van der Waals surface area contributed by atoms with Gasteiger partial charge in [-0.1, -0.05) is 59.4 Å². The van der Waals surface area contributed by atoms with Crippen LogP contribution in [0.1, 0.15) is 60.8 Å². The maximum absolute atomic E-state index is 6.00. The normalized spacial score (nSPS) is 41.6. The summed E-state index contributed by atoms with van der Waals surface area (Å²) in [6.07, 6.45) is 10.7. The third-order valence-corrected chi connectivity index (χ3v) is 6.66. The molecule has 1 nitrogen and oxygen atoms in total. The van der Waals surface area contributed by atoms with Gasteiger partial charge in [0.25, 0.3) is 0 Å². The number of allylic oxidation sites excluding steroid dienone is 2. The largest absolute Gasteiger partial charge is 0.551 e. The molecule has 0 aliphatic heterocycles. The summed E-state index contributed by atoms with van der Waals surface area (Å²) in [6, 6.07) is 0. The van der Waals surface area contributed by atoms with Gasteiger partial charge in [0.15, 0.2) is 0 Å². The van der Waals surface area contributed by atoms with Crippen LogP contribution in [0.5, 0.6) is 0 Å². The highest BCUT2D eigenvalue weighted by Gasteiger charge is 2.49. The van der Waals surface area contributed by atoms with Crippen LogP contribution in [0.25, 0.3) is 0 Å². The van der Waals surface area contributed by atoms with E-state index in [0.29, 0.717) is 28.8 Å². The van der Waals surface area contributed by atoms with E-state index in [0.717, 1.165) is 5.92 Å². The van der Waals surface area contributed by atoms with Crippen molar-refractivity contribution in [2.75, 3.05) is 0 Å². The van der Waals surface area contributed by atoms with E-state index in [1.54, 1.807) is 5.57 Å². The minimum Gasteiger partial charge on any atom is -0.551 e. The van der Waals surface area contributed by atoms with Crippen molar-refractivity contribution in [3.63, 3.8) is 0 Å². The van der Waals surface area contributed by atoms with Crippen molar-refractivity contribution in [2.45, 2.75) is 66.9 Å². The van der Waals surface area contributed by atoms with Crippen LogP contribution in [0.3, 0.4) is 0 Å². The van der Waals surface area contributed by atoms with Gasteiger partial charge in [-0.3, -0.25) is 0 Å². The average Bonchev–Trinajstić information content (AvgIpc) is 2.34. The van der Waals surface area contributed by atoms with Crippen LogP contribution in [0.15, 0.2) is 11.6 Å². The van der Waals surface area contributed by atoms with E-state index < -0.39 is 0 Å². The molecule has 0 radical (unpaired) electrons. The molecule has 0 heterocycles. The molecule has 2 heteroatoms. The highest BCUT2D eigenvalue weighted by molar-refractivity contribution is 6.33. The molecule has 0 bridgehead atoms. The van der Waals surface area contributed by atoms with E-state index in [2.05, 4.69) is 53.8 Å². The summed E-state index contributed by atoms with van der Waals surface area (Å²) >= 11 is 0. The fourth-order valence-electron chi connectivity index (χ4n) is 4.61. The van der Waals surface area contributed by atoms with Gasteiger partial charge < -0.3 is 4.43 Å². The molecule has 1 saturated carbocycles. The molecule has 5 atom stereocenters. The first-order valence-electron chi connectivity index (χ1n) is 8.17. The standard InChI is InChI=1S/C18H32OSi/c1-12-10-14-8-9-16(19-20-7)13(2)18(14,6)11-15(12)17(3,4)5/h10,12-13,15-16,20H,7-9,11H2,1-6H3. The summed E-state index contributed by atoms with van der Waals surface area (Å²) in [5.74, 6) is 2.10. The smallest absolute Gasteiger partial charge is 0.208 e. The Morgan fingerprint density at radius 3 is 2.55 bits per heavy atom. The Balaban J connectivity index is 2.32. The predicted molar refractivity (Wildman–Crippen MR) is 90.5 cm³/mol. The van der Waals surface area contributed by atoms with E-state index >= 15 is 0 Å². The molecule has 2 rings (SSSR count). The number of rotatable bonds is 2. The van der Waals surface area contributed by atoms with Crippen LogP contribution in [-0.2, 0) is 4.43 Å². The van der Waals surface area contributed by atoms with Gasteiger partial charge in [0.05, 0.1) is 6.10 Å². The number of hydrogen-bond donors (Lipinski definition) is 0. The van der Waals surface area contributed by atoms with Gasteiger partial charge in [0, 0.05) is 5.92 Å². The number of hydrogen-bond acceptors (Lipinski definition) is 1. The Hall–Kier alpha value is -0.373. The molecule has 0 aromatic carbocycles. The molecule has 0 aromatic heterocycles. The molecule has 0 amide bonds. The SMILES string of the molecule is C=[SiH]OC1CCC2=CC(C)C(C(C)(C)C)CC2(C)C1C. The Labute approximate surface area is 127 Å². The maximum Gasteiger partial charge on any atom is 0.208 e. The predicted octanol–water partition coefficient (Wildman–Crippen LogP) is 4.22. The summed E-state index contributed by atoms with van der Waals surface area (Å²) in [7, 11) is -0.0865. The summed E-state index contributed by atoms with van der Waals surface area (Å²) < 4.78 is 6.00. The molecule has 2 aliphatic rings.